The summed E-state index contributed by atoms with van der Waals surface area (Å²) in [5.74, 6) is -0.572. The summed E-state index contributed by atoms with van der Waals surface area (Å²) in [5.41, 5.74) is 0.407. The molecule has 74 valence electrons. The van der Waals surface area contributed by atoms with E-state index in [1.165, 1.54) is 6.26 Å². The Morgan fingerprint density at radius 1 is 1.54 bits per heavy atom. The molecule has 0 heterocycles. The van der Waals surface area contributed by atoms with E-state index in [9.17, 15) is 4.79 Å². The zero-order valence-electron chi connectivity index (χ0n) is 6.52. The van der Waals surface area contributed by atoms with Crippen LogP contribution in [-0.4, -0.2) is 12.9 Å². The number of ether oxygens (including phenoxy) is 1. The molecule has 8 heteroatoms. The second-order valence-corrected chi connectivity index (χ2v) is 12.8. The summed E-state index contributed by atoms with van der Waals surface area (Å²) in [6, 6.07) is 0. The SMILES string of the molecule is CB/C(=C\OC(I)(I)I)C(=O)OCl. The molecule has 13 heavy (non-hydrogen) atoms. The van der Waals surface area contributed by atoms with Crippen molar-refractivity contribution in [2.45, 2.75) is 6.44 Å². The lowest BCUT2D eigenvalue weighted by molar-refractivity contribution is -0.129. The van der Waals surface area contributed by atoms with E-state index >= 15 is 0 Å². The summed E-state index contributed by atoms with van der Waals surface area (Å²) in [7, 11) is 0.519. The third-order valence-electron chi connectivity index (χ3n) is 1.05. The van der Waals surface area contributed by atoms with Gasteiger partial charge in [0.15, 0.2) is 7.28 Å². The molecule has 0 saturated heterocycles. The lowest BCUT2D eigenvalue weighted by Gasteiger charge is -2.12. The first-order valence-electron chi connectivity index (χ1n) is 3.17. The van der Waals surface area contributed by atoms with E-state index in [0.717, 1.165) is 0 Å². The van der Waals surface area contributed by atoms with E-state index in [0.29, 0.717) is 12.8 Å². The Hall–Kier alpha value is 1.55. The number of hydrogen-bond acceptors (Lipinski definition) is 3. The quantitative estimate of drug-likeness (QED) is 0.181. The van der Waals surface area contributed by atoms with Crippen LogP contribution in [0, 0.1) is 0 Å². The number of halogens is 4. The molecule has 0 aliphatic rings. The van der Waals surface area contributed by atoms with Gasteiger partial charge in [-0.1, -0.05) is 6.82 Å². The molecule has 0 spiro atoms. The van der Waals surface area contributed by atoms with Crippen molar-refractivity contribution in [3.8, 4) is 0 Å². The fraction of sp³-hybridized carbons (Fsp3) is 0.400. The van der Waals surface area contributed by atoms with E-state index in [4.69, 9.17) is 16.6 Å². The van der Waals surface area contributed by atoms with Gasteiger partial charge < -0.3 is 9.03 Å². The number of alkyl halides is 3. The van der Waals surface area contributed by atoms with Gasteiger partial charge >= 0.3 is 5.97 Å². The van der Waals surface area contributed by atoms with Crippen LogP contribution in [0.4, 0.5) is 0 Å². The summed E-state index contributed by atoms with van der Waals surface area (Å²) >= 11 is 11.2. The second kappa shape index (κ2) is 6.93. The Morgan fingerprint density at radius 3 is 2.38 bits per heavy atom. The molecule has 0 aromatic carbocycles. The minimum Gasteiger partial charge on any atom is -0.467 e. The molecule has 0 aliphatic carbocycles. The lowest BCUT2D eigenvalue weighted by atomic mass is 9.73. The normalized spacial score (nSPS) is 12.2. The van der Waals surface area contributed by atoms with Gasteiger partial charge in [-0.2, -0.15) is 0 Å². The number of carbonyl (C=O) groups is 1. The van der Waals surface area contributed by atoms with Crippen LogP contribution in [0.5, 0.6) is 0 Å². The molecule has 0 aliphatic heterocycles. The molecular formula is C5H5BClI3O3. The van der Waals surface area contributed by atoms with Crippen molar-refractivity contribution < 1.29 is 13.8 Å². The van der Waals surface area contributed by atoms with Crippen molar-refractivity contribution in [1.29, 1.82) is 0 Å². The highest BCUT2D eigenvalue weighted by Gasteiger charge is 2.18. The van der Waals surface area contributed by atoms with Crippen molar-refractivity contribution in [2.75, 3.05) is 0 Å². The molecule has 0 rings (SSSR count). The van der Waals surface area contributed by atoms with Crippen LogP contribution in [0.2, 0.25) is 6.82 Å². The number of carbonyl (C=O) groups excluding carboxylic acids is 1. The summed E-state index contributed by atoms with van der Waals surface area (Å²) in [4.78, 5) is 11.0. The highest BCUT2D eigenvalue weighted by atomic mass is 127. The first-order valence-corrected chi connectivity index (χ1v) is 6.71. The van der Waals surface area contributed by atoms with Gasteiger partial charge in [0.1, 0.15) is 11.9 Å². The van der Waals surface area contributed by atoms with Crippen molar-refractivity contribution in [1.82, 2.24) is 0 Å². The van der Waals surface area contributed by atoms with E-state index in [-0.39, 0.29) is 0 Å². The highest BCUT2D eigenvalue weighted by molar-refractivity contribution is 14.3. The Balaban J connectivity index is 4.32. The number of rotatable bonds is 4. The minimum absolute atomic E-state index is 0.402. The van der Waals surface area contributed by atoms with Gasteiger partial charge in [-0.15, -0.1) is 0 Å². The molecular weight excluding hydrogens is 535 g/mol. The molecule has 0 fully saturated rings. The Labute approximate surface area is 123 Å². The maximum absolute atomic E-state index is 11.0. The fourth-order valence-electron chi connectivity index (χ4n) is 0.463. The Bertz CT molecular complexity index is 216. The molecule has 0 aromatic rings. The Kier molecular flexibility index (Phi) is 7.76. The van der Waals surface area contributed by atoms with Crippen molar-refractivity contribution in [2.24, 2.45) is 0 Å². The molecule has 0 radical (unpaired) electrons. The van der Waals surface area contributed by atoms with Crippen LogP contribution >= 0.6 is 79.6 Å². The molecule has 0 atom stereocenters. The third-order valence-corrected chi connectivity index (χ3v) is 1.95. The van der Waals surface area contributed by atoms with Crippen molar-refractivity contribution >= 4 is 92.9 Å². The predicted octanol–water partition coefficient (Wildman–Crippen LogP) is 2.94. The van der Waals surface area contributed by atoms with Gasteiger partial charge in [-0.05, 0) is 67.8 Å². The van der Waals surface area contributed by atoms with Crippen LogP contribution in [-0.2, 0) is 13.8 Å². The van der Waals surface area contributed by atoms with Gasteiger partial charge in [-0.25, -0.2) is 4.79 Å². The summed E-state index contributed by atoms with van der Waals surface area (Å²) in [6.07, 6.45) is 1.37. The fourth-order valence-corrected chi connectivity index (χ4v) is 0.944. The van der Waals surface area contributed by atoms with Gasteiger partial charge in [-0.3, -0.25) is 0 Å². The zero-order valence-corrected chi connectivity index (χ0v) is 13.7. The predicted molar refractivity (Wildman–Crippen MR) is 78.9 cm³/mol. The van der Waals surface area contributed by atoms with Gasteiger partial charge in [0.25, 0.3) is -0.379 Å². The standard InChI is InChI=1S/C5H5BClI3O3/c1-6-3(4(11)13-7)2-12-5(8,9)10/h2,6H,1H3/b3-2-. The van der Waals surface area contributed by atoms with Crippen molar-refractivity contribution in [3.63, 3.8) is 0 Å². The highest BCUT2D eigenvalue weighted by Crippen LogP contribution is 2.37. The first kappa shape index (κ1) is 14.6. The molecule has 0 amide bonds. The van der Waals surface area contributed by atoms with E-state index in [1.807, 2.05) is 6.82 Å². The average molecular weight is 540 g/mol. The topological polar surface area (TPSA) is 35.5 Å². The van der Waals surface area contributed by atoms with E-state index < -0.39 is 5.59 Å². The molecule has 0 N–H and O–H groups in total. The monoisotopic (exact) mass is 540 g/mol. The third kappa shape index (κ3) is 7.48. The van der Waals surface area contributed by atoms with Crippen LogP contribution in [0.3, 0.4) is 0 Å². The van der Waals surface area contributed by atoms with Crippen LogP contribution in [0.25, 0.3) is 0 Å². The summed E-state index contributed by atoms with van der Waals surface area (Å²) in [6.45, 7) is 1.82. The summed E-state index contributed by atoms with van der Waals surface area (Å²) in [5, 5.41) is 0. The largest absolute Gasteiger partial charge is 0.467 e. The maximum atomic E-state index is 11.0. The van der Waals surface area contributed by atoms with E-state index in [1.54, 1.807) is 0 Å². The molecule has 0 saturated carbocycles. The maximum Gasteiger partial charge on any atom is 0.346 e. The van der Waals surface area contributed by atoms with Gasteiger partial charge in [0, 0.05) is 5.47 Å². The van der Waals surface area contributed by atoms with Crippen LogP contribution < -0.4 is 0 Å². The summed E-state index contributed by atoms with van der Waals surface area (Å²) < 4.78 is 8.89. The average Bonchev–Trinajstić information content (AvgIpc) is 2.03. The minimum atomic E-state index is -0.572. The van der Waals surface area contributed by atoms with E-state index in [2.05, 4.69) is 72.1 Å². The second-order valence-electron chi connectivity index (χ2n) is 1.92. The molecule has 0 aromatic heterocycles. The lowest BCUT2D eigenvalue weighted by Crippen LogP contribution is -2.10. The molecule has 3 nitrogen and oxygen atoms in total. The van der Waals surface area contributed by atoms with Crippen LogP contribution in [0.1, 0.15) is 0 Å². The van der Waals surface area contributed by atoms with Gasteiger partial charge in [0.2, 0.25) is 0 Å². The molecule has 0 bridgehead atoms. The number of hydrogen-bond donors (Lipinski definition) is 0. The smallest absolute Gasteiger partial charge is 0.346 e. The zero-order chi connectivity index (χ0) is 10.5. The van der Waals surface area contributed by atoms with Crippen molar-refractivity contribution in [3.05, 3.63) is 11.7 Å². The Morgan fingerprint density at radius 2 is 2.08 bits per heavy atom. The van der Waals surface area contributed by atoms with Gasteiger partial charge in [0.05, 0.1) is 6.26 Å². The first-order chi connectivity index (χ1) is 5.90. The molecule has 0 unspecified atom stereocenters. The van der Waals surface area contributed by atoms with Crippen LogP contribution in [0.15, 0.2) is 11.7 Å².